The molecule has 0 bridgehead atoms. The Labute approximate surface area is 218 Å². The van der Waals surface area contributed by atoms with Crippen LogP contribution in [0.2, 0.25) is 5.02 Å². The van der Waals surface area contributed by atoms with E-state index in [0.717, 1.165) is 22.7 Å². The van der Waals surface area contributed by atoms with Crippen LogP contribution in [-0.2, 0) is 17.5 Å². The minimum atomic E-state index is -4.56. The fraction of sp³-hybridized carbons (Fsp3) is 0.320. The van der Waals surface area contributed by atoms with Crippen molar-refractivity contribution in [3.8, 4) is 0 Å². The zero-order valence-electron chi connectivity index (χ0n) is 19.5. The second-order valence-electron chi connectivity index (χ2n) is 9.11. The first-order valence-electron chi connectivity index (χ1n) is 11.4. The lowest BCUT2D eigenvalue weighted by Gasteiger charge is -2.36. The Morgan fingerprint density at radius 2 is 1.97 bits per heavy atom. The maximum atomic E-state index is 14.6. The molecule has 3 heterocycles. The Kier molecular flexibility index (Phi) is 6.80. The lowest BCUT2D eigenvalue weighted by atomic mass is 10.0. The first-order chi connectivity index (χ1) is 17.5. The molecule has 0 saturated carbocycles. The number of carbonyl (C=O) groups excluding carboxylic acids is 2. The SMILES string of the molecule is CN1CC[C@H](N2C(=O)S/C(=C\c3ccc4c(cnn4Cc4ccc(Cl)cc4C(F)(F)F)c3)C2=O)[C@@H](F)C1. The fourth-order valence-electron chi connectivity index (χ4n) is 4.69. The van der Waals surface area contributed by atoms with Crippen molar-refractivity contribution < 1.29 is 27.2 Å². The third kappa shape index (κ3) is 5.12. The Balaban J connectivity index is 1.39. The van der Waals surface area contributed by atoms with Crippen LogP contribution < -0.4 is 0 Å². The fourth-order valence-corrected chi connectivity index (χ4v) is 5.74. The van der Waals surface area contributed by atoms with Crippen LogP contribution in [0.1, 0.15) is 23.1 Å². The van der Waals surface area contributed by atoms with Gasteiger partial charge in [-0.2, -0.15) is 18.3 Å². The first-order valence-corrected chi connectivity index (χ1v) is 12.6. The molecule has 3 aromatic rings. The number of alkyl halides is 4. The van der Waals surface area contributed by atoms with Gasteiger partial charge in [0.1, 0.15) is 6.17 Å². The number of carbonyl (C=O) groups is 2. The number of hydrogen-bond acceptors (Lipinski definition) is 5. The molecule has 0 spiro atoms. The largest absolute Gasteiger partial charge is 0.416 e. The highest BCUT2D eigenvalue weighted by molar-refractivity contribution is 8.18. The van der Waals surface area contributed by atoms with E-state index in [1.54, 1.807) is 31.3 Å². The minimum Gasteiger partial charge on any atom is -0.303 e. The lowest BCUT2D eigenvalue weighted by Crippen LogP contribution is -2.52. The topological polar surface area (TPSA) is 58.4 Å². The summed E-state index contributed by atoms with van der Waals surface area (Å²) in [5.41, 5.74) is 0.413. The van der Waals surface area contributed by atoms with Crippen molar-refractivity contribution in [2.75, 3.05) is 20.1 Å². The van der Waals surface area contributed by atoms with Crippen molar-refractivity contribution in [2.24, 2.45) is 0 Å². The number of fused-ring (bicyclic) bond motifs is 1. The summed E-state index contributed by atoms with van der Waals surface area (Å²) in [6, 6.07) is 7.95. The number of imide groups is 1. The number of hydrogen-bond donors (Lipinski definition) is 0. The van der Waals surface area contributed by atoms with Crippen molar-refractivity contribution in [3.63, 3.8) is 0 Å². The zero-order chi connectivity index (χ0) is 26.5. The molecule has 5 rings (SSSR count). The Morgan fingerprint density at radius 3 is 2.70 bits per heavy atom. The molecule has 0 unspecified atom stereocenters. The van der Waals surface area contributed by atoms with Crippen LogP contribution >= 0.6 is 23.4 Å². The van der Waals surface area contributed by atoms with E-state index < -0.39 is 35.1 Å². The van der Waals surface area contributed by atoms with E-state index in [1.807, 2.05) is 4.90 Å². The molecule has 2 atom stereocenters. The van der Waals surface area contributed by atoms with Crippen LogP contribution in [0.25, 0.3) is 17.0 Å². The van der Waals surface area contributed by atoms with Gasteiger partial charge in [0.05, 0.1) is 34.8 Å². The number of nitrogens with zero attached hydrogens (tertiary/aromatic N) is 4. The summed E-state index contributed by atoms with van der Waals surface area (Å²) in [4.78, 5) is 28.6. The number of piperidine rings is 1. The summed E-state index contributed by atoms with van der Waals surface area (Å²) in [5.74, 6) is -0.523. The van der Waals surface area contributed by atoms with E-state index in [4.69, 9.17) is 11.6 Å². The second-order valence-corrected chi connectivity index (χ2v) is 10.5. The van der Waals surface area contributed by atoms with E-state index >= 15 is 0 Å². The summed E-state index contributed by atoms with van der Waals surface area (Å²) in [6.45, 7) is 0.633. The number of rotatable bonds is 4. The first kappa shape index (κ1) is 25.7. The molecule has 12 heteroatoms. The molecule has 0 aliphatic carbocycles. The van der Waals surface area contributed by atoms with Gasteiger partial charge in [-0.15, -0.1) is 0 Å². The van der Waals surface area contributed by atoms with Crippen LogP contribution in [0.4, 0.5) is 22.4 Å². The highest BCUT2D eigenvalue weighted by atomic mass is 35.5. The predicted octanol–water partition coefficient (Wildman–Crippen LogP) is 5.84. The van der Waals surface area contributed by atoms with Crippen molar-refractivity contribution in [1.29, 1.82) is 0 Å². The van der Waals surface area contributed by atoms with E-state index in [-0.39, 0.29) is 28.6 Å². The molecule has 2 amide bonds. The molecule has 0 radical (unpaired) electrons. The monoisotopic (exact) mass is 552 g/mol. The van der Waals surface area contributed by atoms with Gasteiger partial charge in [-0.1, -0.05) is 23.7 Å². The molecule has 6 nitrogen and oxygen atoms in total. The standard InChI is InChI=1S/C25H21ClF4N4O2S/c1-32-7-6-21(19(27)13-32)34-23(35)22(37-24(34)36)9-14-2-5-20-16(8-14)11-31-33(20)12-15-3-4-17(26)10-18(15)25(28,29)30/h2-5,8-11,19,21H,6-7,12-13H2,1H3/b22-9-/t19-,21-/m0/s1. The van der Waals surface area contributed by atoms with Crippen LogP contribution in [0.15, 0.2) is 47.5 Å². The van der Waals surface area contributed by atoms with Crippen LogP contribution in [0.5, 0.6) is 0 Å². The van der Waals surface area contributed by atoms with Crippen LogP contribution in [0.3, 0.4) is 0 Å². The highest BCUT2D eigenvalue weighted by Gasteiger charge is 2.44. The molecule has 0 N–H and O–H groups in total. The van der Waals surface area contributed by atoms with Gasteiger partial charge < -0.3 is 4.90 Å². The number of thioether (sulfide) groups is 1. The zero-order valence-corrected chi connectivity index (χ0v) is 21.1. The third-order valence-corrected chi connectivity index (χ3v) is 7.65. The van der Waals surface area contributed by atoms with Gasteiger partial charge in [0.25, 0.3) is 11.1 Å². The lowest BCUT2D eigenvalue weighted by molar-refractivity contribution is -0.138. The van der Waals surface area contributed by atoms with Gasteiger partial charge in [-0.3, -0.25) is 19.2 Å². The molecule has 2 aromatic carbocycles. The number of benzene rings is 2. The van der Waals surface area contributed by atoms with E-state index in [9.17, 15) is 27.2 Å². The van der Waals surface area contributed by atoms with Gasteiger partial charge in [0.2, 0.25) is 0 Å². The maximum absolute atomic E-state index is 14.6. The highest BCUT2D eigenvalue weighted by Crippen LogP contribution is 2.37. The Bertz CT molecular complexity index is 1420. The van der Waals surface area contributed by atoms with Crippen molar-refractivity contribution in [2.45, 2.75) is 31.4 Å². The molecule has 2 aliphatic rings. The summed E-state index contributed by atoms with van der Waals surface area (Å²) < 4.78 is 56.5. The van der Waals surface area contributed by atoms with Gasteiger partial charge in [0, 0.05) is 23.5 Å². The van der Waals surface area contributed by atoms with Crippen molar-refractivity contribution in [1.82, 2.24) is 19.6 Å². The number of likely N-dealkylation sites (tertiary alicyclic amines) is 1. The number of amides is 2. The molecule has 2 saturated heterocycles. The van der Waals surface area contributed by atoms with Crippen LogP contribution in [-0.4, -0.2) is 63.1 Å². The minimum absolute atomic E-state index is 0.00619. The van der Waals surface area contributed by atoms with E-state index in [2.05, 4.69) is 5.10 Å². The summed E-state index contributed by atoms with van der Waals surface area (Å²) >= 11 is 6.54. The molecule has 1 aromatic heterocycles. The second kappa shape index (κ2) is 9.77. The molecule has 37 heavy (non-hydrogen) atoms. The van der Waals surface area contributed by atoms with Gasteiger partial charge >= 0.3 is 6.18 Å². The molecular formula is C25H21ClF4N4O2S. The van der Waals surface area contributed by atoms with Crippen molar-refractivity contribution >= 4 is 51.5 Å². The molecule has 2 fully saturated rings. The molecule has 194 valence electrons. The summed E-state index contributed by atoms with van der Waals surface area (Å²) in [7, 11) is 1.79. The predicted molar refractivity (Wildman–Crippen MR) is 134 cm³/mol. The average Bonchev–Trinajstić information content (AvgIpc) is 3.34. The third-order valence-electron chi connectivity index (χ3n) is 6.53. The number of aromatic nitrogens is 2. The van der Waals surface area contributed by atoms with E-state index in [0.29, 0.717) is 29.4 Å². The van der Waals surface area contributed by atoms with Gasteiger partial charge in [-0.05, 0) is 66.7 Å². The average molecular weight is 553 g/mol. The summed E-state index contributed by atoms with van der Waals surface area (Å²) in [5, 5.41) is 4.39. The smallest absolute Gasteiger partial charge is 0.303 e. The van der Waals surface area contributed by atoms with E-state index in [1.165, 1.54) is 23.0 Å². The summed E-state index contributed by atoms with van der Waals surface area (Å²) in [6.07, 6.45) is -2.42. The molecule has 2 aliphatic heterocycles. The molecular weight excluding hydrogens is 532 g/mol. The quantitative estimate of drug-likeness (QED) is 0.301. The van der Waals surface area contributed by atoms with Gasteiger partial charge in [0.15, 0.2) is 0 Å². The van der Waals surface area contributed by atoms with Crippen LogP contribution in [0, 0.1) is 0 Å². The van der Waals surface area contributed by atoms with Crippen molar-refractivity contribution in [3.05, 3.63) is 69.2 Å². The number of halogens is 5. The van der Waals surface area contributed by atoms with Gasteiger partial charge in [-0.25, -0.2) is 4.39 Å². The Morgan fingerprint density at radius 1 is 1.19 bits per heavy atom. The Hall–Kier alpha value is -2.89. The maximum Gasteiger partial charge on any atom is 0.416 e. The normalized spacial score (nSPS) is 22.5.